The zero-order chi connectivity index (χ0) is 14.8. The minimum atomic E-state index is 0.606. The Bertz CT molecular complexity index is 600. The zero-order valence-corrected chi connectivity index (χ0v) is 13.1. The number of hydrogen-bond donors (Lipinski definition) is 1. The van der Waals surface area contributed by atoms with E-state index in [4.69, 9.17) is 0 Å². The molecule has 4 heteroatoms. The fourth-order valence-electron chi connectivity index (χ4n) is 2.99. The highest BCUT2D eigenvalue weighted by molar-refractivity contribution is 5.36. The molecule has 1 aliphatic heterocycles. The maximum Gasteiger partial charge on any atom is 0.0648 e. The van der Waals surface area contributed by atoms with Crippen molar-refractivity contribution in [1.82, 2.24) is 20.0 Å². The number of hydrogen-bond acceptors (Lipinski definition) is 3. The standard InChI is InChI=1S/C17H24N4/c1-13-10-14(2)21(19-13)17-6-4-16(5-7-17)12-20-9-8-18-11-15(20)3/h4-7,10,15,18H,8-9,11-12H2,1-3H3/t15-/m0/s1. The quantitative estimate of drug-likeness (QED) is 0.939. The van der Waals surface area contributed by atoms with Gasteiger partial charge in [-0.15, -0.1) is 0 Å². The van der Waals surface area contributed by atoms with E-state index in [1.807, 2.05) is 11.6 Å². The Morgan fingerprint density at radius 1 is 1.24 bits per heavy atom. The number of rotatable bonds is 3. The zero-order valence-electron chi connectivity index (χ0n) is 13.1. The SMILES string of the molecule is Cc1cc(C)n(-c2ccc(CN3CCNC[C@@H]3C)cc2)n1. The molecule has 1 aromatic heterocycles. The first-order valence-electron chi connectivity index (χ1n) is 7.71. The molecule has 0 aliphatic carbocycles. The first-order valence-corrected chi connectivity index (χ1v) is 7.71. The molecule has 4 nitrogen and oxygen atoms in total. The molecule has 1 fully saturated rings. The lowest BCUT2D eigenvalue weighted by Gasteiger charge is -2.33. The van der Waals surface area contributed by atoms with Gasteiger partial charge in [0.05, 0.1) is 11.4 Å². The summed E-state index contributed by atoms with van der Waals surface area (Å²) in [4.78, 5) is 2.54. The van der Waals surface area contributed by atoms with Gasteiger partial charge < -0.3 is 5.32 Å². The van der Waals surface area contributed by atoms with E-state index in [9.17, 15) is 0 Å². The van der Waals surface area contributed by atoms with E-state index in [1.54, 1.807) is 0 Å². The summed E-state index contributed by atoms with van der Waals surface area (Å²) in [6, 6.07) is 11.5. The van der Waals surface area contributed by atoms with Gasteiger partial charge in [-0.25, -0.2) is 4.68 Å². The van der Waals surface area contributed by atoms with Crippen LogP contribution in [0.3, 0.4) is 0 Å². The Kier molecular flexibility index (Phi) is 4.08. The van der Waals surface area contributed by atoms with Gasteiger partial charge >= 0.3 is 0 Å². The van der Waals surface area contributed by atoms with Crippen molar-refractivity contribution in [3.8, 4) is 5.69 Å². The highest BCUT2D eigenvalue weighted by Gasteiger charge is 2.17. The molecule has 1 aromatic carbocycles. The summed E-state index contributed by atoms with van der Waals surface area (Å²) >= 11 is 0. The molecule has 0 radical (unpaired) electrons. The first-order chi connectivity index (χ1) is 10.1. The van der Waals surface area contributed by atoms with Crippen LogP contribution in [-0.2, 0) is 6.54 Å². The van der Waals surface area contributed by atoms with Crippen molar-refractivity contribution in [3.63, 3.8) is 0 Å². The summed E-state index contributed by atoms with van der Waals surface area (Å²) in [6.45, 7) is 10.7. The molecule has 0 amide bonds. The van der Waals surface area contributed by atoms with Crippen LogP contribution in [0, 0.1) is 13.8 Å². The van der Waals surface area contributed by atoms with Gasteiger partial charge in [-0.3, -0.25) is 4.90 Å². The maximum atomic E-state index is 4.54. The number of aryl methyl sites for hydroxylation is 2. The summed E-state index contributed by atoms with van der Waals surface area (Å²) in [5.74, 6) is 0. The number of aromatic nitrogens is 2. The molecule has 1 N–H and O–H groups in total. The lowest BCUT2D eigenvalue weighted by atomic mass is 10.1. The van der Waals surface area contributed by atoms with Crippen LogP contribution in [0.25, 0.3) is 5.69 Å². The monoisotopic (exact) mass is 284 g/mol. The van der Waals surface area contributed by atoms with Gasteiger partial charge in [-0.1, -0.05) is 12.1 Å². The highest BCUT2D eigenvalue weighted by Crippen LogP contribution is 2.15. The average Bonchev–Trinajstić information content (AvgIpc) is 2.81. The molecule has 2 aromatic rings. The van der Waals surface area contributed by atoms with Crippen LogP contribution >= 0.6 is 0 Å². The average molecular weight is 284 g/mol. The van der Waals surface area contributed by atoms with Gasteiger partial charge in [0.2, 0.25) is 0 Å². The molecule has 1 atom stereocenters. The predicted octanol–water partition coefficient (Wildman–Crippen LogP) is 2.28. The van der Waals surface area contributed by atoms with Crippen LogP contribution < -0.4 is 5.32 Å². The minimum absolute atomic E-state index is 0.606. The van der Waals surface area contributed by atoms with Crippen molar-refractivity contribution in [2.45, 2.75) is 33.4 Å². The van der Waals surface area contributed by atoms with Gasteiger partial charge in [0.1, 0.15) is 0 Å². The van der Waals surface area contributed by atoms with E-state index in [0.29, 0.717) is 6.04 Å². The van der Waals surface area contributed by atoms with Crippen LogP contribution in [0.5, 0.6) is 0 Å². The Balaban J connectivity index is 1.73. The topological polar surface area (TPSA) is 33.1 Å². The maximum absolute atomic E-state index is 4.54. The van der Waals surface area contributed by atoms with Crippen molar-refractivity contribution in [2.75, 3.05) is 19.6 Å². The van der Waals surface area contributed by atoms with E-state index >= 15 is 0 Å². The van der Waals surface area contributed by atoms with Crippen LogP contribution in [0.2, 0.25) is 0 Å². The van der Waals surface area contributed by atoms with E-state index < -0.39 is 0 Å². The second-order valence-corrected chi connectivity index (χ2v) is 6.03. The molecule has 1 aliphatic rings. The summed E-state index contributed by atoms with van der Waals surface area (Å²) < 4.78 is 2.01. The number of piperazine rings is 1. The molecule has 2 heterocycles. The van der Waals surface area contributed by atoms with Crippen LogP contribution in [0.1, 0.15) is 23.9 Å². The van der Waals surface area contributed by atoms with Crippen LogP contribution in [-0.4, -0.2) is 40.4 Å². The third-order valence-electron chi connectivity index (χ3n) is 4.22. The minimum Gasteiger partial charge on any atom is -0.314 e. The second kappa shape index (κ2) is 6.00. The van der Waals surface area contributed by atoms with Gasteiger partial charge in [0.25, 0.3) is 0 Å². The molecule has 3 rings (SSSR count). The Morgan fingerprint density at radius 2 is 2.00 bits per heavy atom. The third-order valence-corrected chi connectivity index (χ3v) is 4.22. The summed E-state index contributed by atoms with van der Waals surface area (Å²) in [6.07, 6.45) is 0. The molecule has 0 bridgehead atoms. The summed E-state index contributed by atoms with van der Waals surface area (Å²) in [5, 5.41) is 7.97. The number of nitrogens with one attached hydrogen (secondary N) is 1. The molecule has 0 saturated carbocycles. The smallest absolute Gasteiger partial charge is 0.0648 e. The number of benzene rings is 1. The van der Waals surface area contributed by atoms with Crippen molar-refractivity contribution < 1.29 is 0 Å². The summed E-state index contributed by atoms with van der Waals surface area (Å²) in [7, 11) is 0. The van der Waals surface area contributed by atoms with Gasteiger partial charge in [-0.05, 0) is 44.5 Å². The van der Waals surface area contributed by atoms with E-state index in [0.717, 1.165) is 37.6 Å². The second-order valence-electron chi connectivity index (χ2n) is 6.03. The molecule has 112 valence electrons. The lowest BCUT2D eigenvalue weighted by Crippen LogP contribution is -2.49. The molecule has 0 spiro atoms. The molecular formula is C17H24N4. The predicted molar refractivity (Wildman–Crippen MR) is 85.8 cm³/mol. The Hall–Kier alpha value is -1.65. The highest BCUT2D eigenvalue weighted by atomic mass is 15.3. The largest absolute Gasteiger partial charge is 0.314 e. The van der Waals surface area contributed by atoms with Gasteiger partial charge in [0.15, 0.2) is 0 Å². The van der Waals surface area contributed by atoms with E-state index in [2.05, 4.69) is 59.5 Å². The fraction of sp³-hybridized carbons (Fsp3) is 0.471. The Morgan fingerprint density at radius 3 is 2.62 bits per heavy atom. The fourth-order valence-corrected chi connectivity index (χ4v) is 2.99. The van der Waals surface area contributed by atoms with Gasteiger partial charge in [0, 0.05) is 37.9 Å². The lowest BCUT2D eigenvalue weighted by molar-refractivity contribution is 0.165. The van der Waals surface area contributed by atoms with Gasteiger partial charge in [-0.2, -0.15) is 5.10 Å². The van der Waals surface area contributed by atoms with Crippen molar-refractivity contribution in [3.05, 3.63) is 47.3 Å². The molecular weight excluding hydrogens is 260 g/mol. The molecule has 0 unspecified atom stereocenters. The van der Waals surface area contributed by atoms with E-state index in [-0.39, 0.29) is 0 Å². The normalized spacial score (nSPS) is 19.9. The van der Waals surface area contributed by atoms with Crippen molar-refractivity contribution >= 4 is 0 Å². The van der Waals surface area contributed by atoms with Crippen molar-refractivity contribution in [2.24, 2.45) is 0 Å². The molecule has 21 heavy (non-hydrogen) atoms. The van der Waals surface area contributed by atoms with Crippen LogP contribution in [0.15, 0.2) is 30.3 Å². The molecule has 1 saturated heterocycles. The Labute approximate surface area is 126 Å². The first kappa shape index (κ1) is 14.3. The van der Waals surface area contributed by atoms with Crippen LogP contribution in [0.4, 0.5) is 0 Å². The third kappa shape index (κ3) is 3.17. The van der Waals surface area contributed by atoms with E-state index in [1.165, 1.54) is 11.3 Å². The van der Waals surface area contributed by atoms with Crippen molar-refractivity contribution in [1.29, 1.82) is 0 Å². The summed E-state index contributed by atoms with van der Waals surface area (Å²) in [5.41, 5.74) is 4.74. The number of nitrogens with zero attached hydrogens (tertiary/aromatic N) is 3.